The molecule has 2 aromatic heterocycles. The predicted octanol–water partition coefficient (Wildman–Crippen LogP) is 1.61. The molecule has 2 aromatic rings. The van der Waals surface area contributed by atoms with E-state index in [0.717, 1.165) is 30.3 Å². The number of pyridine rings is 1. The molecule has 8 nitrogen and oxygen atoms in total. The summed E-state index contributed by atoms with van der Waals surface area (Å²) in [6.07, 6.45) is 4.07. The Morgan fingerprint density at radius 1 is 1.42 bits per heavy atom. The van der Waals surface area contributed by atoms with Crippen molar-refractivity contribution in [3.8, 4) is 0 Å². The number of methoxy groups -OCH3 is 1. The van der Waals surface area contributed by atoms with Gasteiger partial charge >= 0.3 is 5.97 Å². The molecule has 0 spiro atoms. The van der Waals surface area contributed by atoms with E-state index in [9.17, 15) is 14.4 Å². The van der Waals surface area contributed by atoms with Crippen LogP contribution in [0.5, 0.6) is 0 Å². The summed E-state index contributed by atoms with van der Waals surface area (Å²) in [6, 6.07) is 1.63. The molecule has 0 atom stereocenters. The second kappa shape index (κ2) is 7.36. The molecule has 3 rings (SSSR count). The van der Waals surface area contributed by atoms with Crippen LogP contribution in [0, 0.1) is 11.7 Å². The second-order valence-corrected chi connectivity index (χ2v) is 6.78. The summed E-state index contributed by atoms with van der Waals surface area (Å²) in [7, 11) is 1.24. The number of aryl methyl sites for hydroxylation is 1. The molecule has 0 saturated heterocycles. The lowest BCUT2D eigenvalue weighted by atomic mass is 10.1. The van der Waals surface area contributed by atoms with E-state index in [1.807, 2.05) is 0 Å². The van der Waals surface area contributed by atoms with Gasteiger partial charge in [0.25, 0.3) is 5.56 Å². The predicted molar refractivity (Wildman–Crippen MR) is 97.7 cm³/mol. The average Bonchev–Trinajstić information content (AvgIpc) is 3.09. The van der Waals surface area contributed by atoms with Gasteiger partial charge in [0, 0.05) is 11.7 Å². The molecule has 0 aromatic carbocycles. The summed E-state index contributed by atoms with van der Waals surface area (Å²) in [5.41, 5.74) is 0.293. The van der Waals surface area contributed by atoms with Crippen LogP contribution in [0.1, 0.15) is 41.7 Å². The number of carbonyl (C=O) groups is 2. The zero-order valence-electron chi connectivity index (χ0n) is 14.6. The SMILES string of the molecule is COC(=O)c1cc(C)nc2[nH]c(=S)n(CC(=O)NC3CCCC3)c(=O)c12. The van der Waals surface area contributed by atoms with Crippen LogP contribution in [0.3, 0.4) is 0 Å². The van der Waals surface area contributed by atoms with Gasteiger partial charge in [-0.15, -0.1) is 0 Å². The topological polar surface area (TPSA) is 106 Å². The van der Waals surface area contributed by atoms with Crippen molar-refractivity contribution < 1.29 is 14.3 Å². The van der Waals surface area contributed by atoms with Gasteiger partial charge in [-0.05, 0) is 38.0 Å². The second-order valence-electron chi connectivity index (χ2n) is 6.40. The van der Waals surface area contributed by atoms with E-state index in [0.29, 0.717) is 5.69 Å². The highest BCUT2D eigenvalue weighted by atomic mass is 32.1. The first-order chi connectivity index (χ1) is 12.4. The molecular formula is C17H20N4O4S. The lowest BCUT2D eigenvalue weighted by molar-refractivity contribution is -0.122. The molecular weight excluding hydrogens is 356 g/mol. The molecule has 0 unspecified atom stereocenters. The highest BCUT2D eigenvalue weighted by molar-refractivity contribution is 7.71. The van der Waals surface area contributed by atoms with Crippen LogP contribution in [-0.4, -0.2) is 39.6 Å². The van der Waals surface area contributed by atoms with E-state index < -0.39 is 11.5 Å². The number of aromatic amines is 1. The fourth-order valence-electron chi connectivity index (χ4n) is 3.28. The number of rotatable bonds is 4. The van der Waals surface area contributed by atoms with Gasteiger partial charge in [0.05, 0.1) is 18.1 Å². The van der Waals surface area contributed by atoms with Crippen LogP contribution in [-0.2, 0) is 16.1 Å². The lowest BCUT2D eigenvalue weighted by Crippen LogP contribution is -2.38. The molecule has 0 radical (unpaired) electrons. The molecule has 1 fully saturated rings. The van der Waals surface area contributed by atoms with E-state index in [1.165, 1.54) is 13.2 Å². The molecule has 1 amide bonds. The van der Waals surface area contributed by atoms with Crippen molar-refractivity contribution in [3.63, 3.8) is 0 Å². The molecule has 138 valence electrons. The van der Waals surface area contributed by atoms with E-state index >= 15 is 0 Å². The number of fused-ring (bicyclic) bond motifs is 1. The van der Waals surface area contributed by atoms with Crippen molar-refractivity contribution >= 4 is 35.1 Å². The van der Waals surface area contributed by atoms with Gasteiger partial charge in [-0.3, -0.25) is 14.2 Å². The molecule has 0 bridgehead atoms. The van der Waals surface area contributed by atoms with Gasteiger partial charge in [-0.1, -0.05) is 12.8 Å². The number of nitrogens with zero attached hydrogens (tertiary/aromatic N) is 2. The summed E-state index contributed by atoms with van der Waals surface area (Å²) in [6.45, 7) is 1.48. The number of nitrogens with one attached hydrogen (secondary N) is 2. The summed E-state index contributed by atoms with van der Waals surface area (Å²) in [5.74, 6) is -0.928. The van der Waals surface area contributed by atoms with Crippen LogP contribution in [0.4, 0.5) is 0 Å². The zero-order valence-corrected chi connectivity index (χ0v) is 15.4. The number of hydrogen-bond acceptors (Lipinski definition) is 6. The largest absolute Gasteiger partial charge is 0.465 e. The number of ether oxygens (including phenoxy) is 1. The highest BCUT2D eigenvalue weighted by Gasteiger charge is 2.21. The van der Waals surface area contributed by atoms with Crippen molar-refractivity contribution in [1.82, 2.24) is 19.9 Å². The quantitative estimate of drug-likeness (QED) is 0.620. The van der Waals surface area contributed by atoms with Gasteiger partial charge in [0.2, 0.25) is 5.91 Å². The molecule has 1 aliphatic carbocycles. The maximum atomic E-state index is 12.9. The maximum absolute atomic E-state index is 12.9. The molecule has 26 heavy (non-hydrogen) atoms. The number of esters is 1. The third-order valence-electron chi connectivity index (χ3n) is 4.50. The van der Waals surface area contributed by atoms with Crippen molar-refractivity contribution in [2.45, 2.75) is 45.2 Å². The van der Waals surface area contributed by atoms with Crippen LogP contribution in [0.15, 0.2) is 10.9 Å². The van der Waals surface area contributed by atoms with Crippen molar-refractivity contribution in [2.24, 2.45) is 0 Å². The van der Waals surface area contributed by atoms with Crippen LogP contribution in [0.2, 0.25) is 0 Å². The Labute approximate surface area is 154 Å². The van der Waals surface area contributed by atoms with E-state index in [2.05, 4.69) is 15.3 Å². The number of H-pyrrole nitrogens is 1. The monoisotopic (exact) mass is 376 g/mol. The van der Waals surface area contributed by atoms with Crippen LogP contribution in [0.25, 0.3) is 11.0 Å². The average molecular weight is 376 g/mol. The summed E-state index contributed by atoms with van der Waals surface area (Å²) < 4.78 is 5.99. The third kappa shape index (κ3) is 3.52. The standard InChI is InChI=1S/C17H20N4O4S/c1-9-7-11(16(24)25-2)13-14(18-9)20-17(26)21(15(13)23)8-12(22)19-10-5-3-4-6-10/h7,10H,3-6,8H2,1-2H3,(H,19,22)(H,18,20,26). The van der Waals surface area contributed by atoms with Gasteiger partial charge < -0.3 is 15.0 Å². The number of carbonyl (C=O) groups excluding carboxylic acids is 2. The third-order valence-corrected chi connectivity index (χ3v) is 4.83. The normalized spacial score (nSPS) is 14.5. The first-order valence-electron chi connectivity index (χ1n) is 8.43. The van der Waals surface area contributed by atoms with E-state index in [-0.39, 0.29) is 39.9 Å². The Kier molecular flexibility index (Phi) is 5.17. The molecule has 2 N–H and O–H groups in total. The summed E-state index contributed by atoms with van der Waals surface area (Å²) >= 11 is 5.22. The Hall–Kier alpha value is -2.55. The number of aromatic nitrogens is 3. The Balaban J connectivity index is 2.04. The lowest BCUT2D eigenvalue weighted by Gasteiger charge is -2.14. The first kappa shape index (κ1) is 18.2. The smallest absolute Gasteiger partial charge is 0.338 e. The first-order valence-corrected chi connectivity index (χ1v) is 8.83. The van der Waals surface area contributed by atoms with Gasteiger partial charge in [0.15, 0.2) is 4.77 Å². The Morgan fingerprint density at radius 3 is 2.77 bits per heavy atom. The van der Waals surface area contributed by atoms with Crippen LogP contribution >= 0.6 is 12.2 Å². The Morgan fingerprint density at radius 2 is 2.12 bits per heavy atom. The van der Waals surface area contributed by atoms with Gasteiger partial charge in [-0.2, -0.15) is 0 Å². The minimum atomic E-state index is -0.648. The van der Waals surface area contributed by atoms with Gasteiger partial charge in [-0.25, -0.2) is 9.78 Å². The Bertz CT molecular complexity index is 989. The number of amides is 1. The molecule has 9 heteroatoms. The number of hydrogen-bond donors (Lipinski definition) is 2. The molecule has 1 saturated carbocycles. The zero-order chi connectivity index (χ0) is 18.8. The van der Waals surface area contributed by atoms with E-state index in [1.54, 1.807) is 6.92 Å². The minimum Gasteiger partial charge on any atom is -0.465 e. The fourth-order valence-corrected chi connectivity index (χ4v) is 3.52. The van der Waals surface area contributed by atoms with Crippen molar-refractivity contribution in [3.05, 3.63) is 32.4 Å². The summed E-state index contributed by atoms with van der Waals surface area (Å²) in [5, 5.41) is 2.98. The van der Waals surface area contributed by atoms with Crippen LogP contribution < -0.4 is 10.9 Å². The highest BCUT2D eigenvalue weighted by Crippen LogP contribution is 2.18. The minimum absolute atomic E-state index is 0.0599. The molecule has 0 aliphatic heterocycles. The van der Waals surface area contributed by atoms with Crippen molar-refractivity contribution in [2.75, 3.05) is 7.11 Å². The van der Waals surface area contributed by atoms with Gasteiger partial charge in [0.1, 0.15) is 12.2 Å². The maximum Gasteiger partial charge on any atom is 0.338 e. The summed E-state index contributed by atoms with van der Waals surface area (Å²) in [4.78, 5) is 44.4. The van der Waals surface area contributed by atoms with E-state index in [4.69, 9.17) is 17.0 Å². The van der Waals surface area contributed by atoms with Crippen molar-refractivity contribution in [1.29, 1.82) is 0 Å². The molecule has 1 aliphatic rings. The molecule has 2 heterocycles. The fraction of sp³-hybridized carbons (Fsp3) is 0.471.